The highest BCUT2D eigenvalue weighted by Crippen LogP contribution is 2.16. The number of rotatable bonds is 3. The van der Waals surface area contributed by atoms with Crippen molar-refractivity contribution in [1.29, 1.82) is 0 Å². The average molecular weight is 322 g/mol. The molecule has 1 fully saturated rings. The van der Waals surface area contributed by atoms with Crippen molar-refractivity contribution in [2.24, 2.45) is 14.1 Å². The van der Waals surface area contributed by atoms with Crippen LogP contribution in [0.5, 0.6) is 0 Å². The van der Waals surface area contributed by atoms with Crippen LogP contribution < -0.4 is 16.1 Å². The number of aromatic nitrogens is 4. The molecule has 8 nitrogen and oxygen atoms in total. The summed E-state index contributed by atoms with van der Waals surface area (Å²) in [7, 11) is 3.17. The molecular formula is C15H24N5O3+. The molecule has 0 bridgehead atoms. The van der Waals surface area contributed by atoms with E-state index < -0.39 is 0 Å². The van der Waals surface area contributed by atoms with E-state index in [9.17, 15) is 9.59 Å². The largest absolute Gasteiger partial charge is 0.370 e. The van der Waals surface area contributed by atoms with Crippen LogP contribution in [-0.4, -0.2) is 45.0 Å². The van der Waals surface area contributed by atoms with Crippen LogP contribution in [0.25, 0.3) is 11.2 Å². The second kappa shape index (κ2) is 5.93. The lowest BCUT2D eigenvalue weighted by Gasteiger charge is -2.24. The third kappa shape index (κ3) is 2.61. The topological polar surface area (TPSA) is 75.5 Å². The second-order valence-electron chi connectivity index (χ2n) is 6.41. The highest BCUT2D eigenvalue weighted by molar-refractivity contribution is 5.71. The molecule has 1 saturated heterocycles. The minimum absolute atomic E-state index is 0.0978. The van der Waals surface area contributed by atoms with Gasteiger partial charge in [0.1, 0.15) is 19.6 Å². The maximum absolute atomic E-state index is 12.6. The molecule has 3 heterocycles. The van der Waals surface area contributed by atoms with Crippen LogP contribution in [0.2, 0.25) is 0 Å². The van der Waals surface area contributed by atoms with E-state index in [1.165, 1.54) is 16.5 Å². The molecule has 2 aromatic heterocycles. The maximum atomic E-state index is 12.6. The standard InChI is InChI=1S/C15H23N5O3/c1-10(2)20-11(9-19-5-7-23-8-6-19)16-13-12(20)14(21)18(4)15(22)17(13)3/h10H,5-9H2,1-4H3/p+1. The average Bonchev–Trinajstić information content (AvgIpc) is 2.91. The lowest BCUT2D eigenvalue weighted by Crippen LogP contribution is -3.12. The molecule has 0 amide bonds. The summed E-state index contributed by atoms with van der Waals surface area (Å²) < 4.78 is 9.97. The van der Waals surface area contributed by atoms with Gasteiger partial charge < -0.3 is 14.2 Å². The molecule has 0 atom stereocenters. The monoisotopic (exact) mass is 322 g/mol. The van der Waals surface area contributed by atoms with Crippen LogP contribution in [0.3, 0.4) is 0 Å². The molecule has 0 radical (unpaired) electrons. The zero-order valence-electron chi connectivity index (χ0n) is 14.1. The quantitative estimate of drug-likeness (QED) is 0.741. The van der Waals surface area contributed by atoms with Crippen molar-refractivity contribution in [2.75, 3.05) is 26.3 Å². The van der Waals surface area contributed by atoms with Crippen LogP contribution in [-0.2, 0) is 25.4 Å². The number of morpholine rings is 1. The van der Waals surface area contributed by atoms with Gasteiger partial charge >= 0.3 is 5.69 Å². The number of ether oxygens (including phenoxy) is 1. The number of hydrogen-bond acceptors (Lipinski definition) is 4. The van der Waals surface area contributed by atoms with Crippen molar-refractivity contribution < 1.29 is 9.64 Å². The van der Waals surface area contributed by atoms with E-state index in [1.54, 1.807) is 7.05 Å². The Kier molecular flexibility index (Phi) is 4.11. The van der Waals surface area contributed by atoms with Crippen molar-refractivity contribution in [3.05, 3.63) is 26.7 Å². The molecule has 0 aromatic carbocycles. The molecule has 1 N–H and O–H groups in total. The van der Waals surface area contributed by atoms with Gasteiger partial charge in [0.05, 0.1) is 13.2 Å². The highest BCUT2D eigenvalue weighted by Gasteiger charge is 2.24. The summed E-state index contributed by atoms with van der Waals surface area (Å²) in [5, 5.41) is 0. The van der Waals surface area contributed by atoms with E-state index in [0.717, 1.165) is 43.2 Å². The number of quaternary nitrogens is 1. The molecule has 1 aliphatic rings. The Labute approximate surface area is 133 Å². The summed E-state index contributed by atoms with van der Waals surface area (Å²) in [5.74, 6) is 0.852. The first-order valence-electron chi connectivity index (χ1n) is 8.00. The molecule has 0 saturated carbocycles. The minimum Gasteiger partial charge on any atom is -0.370 e. The summed E-state index contributed by atoms with van der Waals surface area (Å²) in [6.07, 6.45) is 0. The van der Waals surface area contributed by atoms with E-state index in [4.69, 9.17) is 4.74 Å². The molecular weight excluding hydrogens is 298 g/mol. The molecule has 0 unspecified atom stereocenters. The Bertz CT molecular complexity index is 839. The Balaban J connectivity index is 2.20. The van der Waals surface area contributed by atoms with Crippen LogP contribution >= 0.6 is 0 Å². The Morgan fingerprint density at radius 2 is 1.83 bits per heavy atom. The minimum atomic E-state index is -0.346. The summed E-state index contributed by atoms with van der Waals surface area (Å²) >= 11 is 0. The first kappa shape index (κ1) is 15.9. The van der Waals surface area contributed by atoms with Crippen molar-refractivity contribution in [1.82, 2.24) is 18.7 Å². The van der Waals surface area contributed by atoms with Crippen molar-refractivity contribution in [2.45, 2.75) is 26.4 Å². The SMILES string of the molecule is CC(C)n1c(C[NH+]2CCOCC2)nc2c1c(=O)n(C)c(=O)n2C. The van der Waals surface area contributed by atoms with Gasteiger partial charge in [-0.2, -0.15) is 0 Å². The van der Waals surface area contributed by atoms with Crippen molar-refractivity contribution in [3.63, 3.8) is 0 Å². The normalized spacial score (nSPS) is 16.6. The van der Waals surface area contributed by atoms with Crippen LogP contribution in [0, 0.1) is 0 Å². The molecule has 2 aromatic rings. The van der Waals surface area contributed by atoms with E-state index in [2.05, 4.69) is 4.98 Å². The fourth-order valence-electron chi connectivity index (χ4n) is 3.20. The number of imidazole rings is 1. The van der Waals surface area contributed by atoms with E-state index in [0.29, 0.717) is 11.2 Å². The summed E-state index contributed by atoms with van der Waals surface area (Å²) in [6.45, 7) is 8.15. The molecule has 0 spiro atoms. The third-order valence-corrected chi connectivity index (χ3v) is 4.49. The van der Waals surface area contributed by atoms with Gasteiger partial charge in [-0.1, -0.05) is 0 Å². The molecule has 8 heteroatoms. The molecule has 23 heavy (non-hydrogen) atoms. The van der Waals surface area contributed by atoms with E-state index >= 15 is 0 Å². The Hall–Kier alpha value is -1.93. The van der Waals surface area contributed by atoms with E-state index in [1.807, 2.05) is 18.4 Å². The van der Waals surface area contributed by atoms with E-state index in [-0.39, 0.29) is 17.3 Å². The zero-order valence-corrected chi connectivity index (χ0v) is 14.1. The number of fused-ring (bicyclic) bond motifs is 1. The first-order chi connectivity index (χ1) is 10.9. The third-order valence-electron chi connectivity index (χ3n) is 4.49. The summed E-state index contributed by atoms with van der Waals surface area (Å²) in [5.41, 5.74) is 0.343. The van der Waals surface area contributed by atoms with Crippen LogP contribution in [0.1, 0.15) is 25.7 Å². The second-order valence-corrected chi connectivity index (χ2v) is 6.41. The van der Waals surface area contributed by atoms with Gasteiger partial charge in [-0.15, -0.1) is 0 Å². The van der Waals surface area contributed by atoms with Crippen LogP contribution in [0.15, 0.2) is 9.59 Å². The fraction of sp³-hybridized carbons (Fsp3) is 0.667. The zero-order chi connectivity index (χ0) is 16.7. The number of aryl methyl sites for hydroxylation is 1. The van der Waals surface area contributed by atoms with Crippen molar-refractivity contribution >= 4 is 11.2 Å². The predicted molar refractivity (Wildman–Crippen MR) is 85.8 cm³/mol. The fourth-order valence-corrected chi connectivity index (χ4v) is 3.20. The number of nitrogens with zero attached hydrogens (tertiary/aromatic N) is 4. The highest BCUT2D eigenvalue weighted by atomic mass is 16.5. The van der Waals surface area contributed by atoms with Gasteiger partial charge in [-0.25, -0.2) is 9.78 Å². The summed E-state index contributed by atoms with van der Waals surface area (Å²) in [4.78, 5) is 30.8. The lowest BCUT2D eigenvalue weighted by molar-refractivity contribution is -0.922. The summed E-state index contributed by atoms with van der Waals surface area (Å²) in [6, 6.07) is 0.0978. The van der Waals surface area contributed by atoms with Gasteiger partial charge in [0.25, 0.3) is 5.56 Å². The maximum Gasteiger partial charge on any atom is 0.332 e. The first-order valence-corrected chi connectivity index (χ1v) is 8.00. The van der Waals surface area contributed by atoms with Gasteiger partial charge in [-0.05, 0) is 13.8 Å². The molecule has 3 rings (SSSR count). The molecule has 1 aliphatic heterocycles. The smallest absolute Gasteiger partial charge is 0.332 e. The van der Waals surface area contributed by atoms with Crippen molar-refractivity contribution in [3.8, 4) is 0 Å². The Morgan fingerprint density at radius 3 is 2.43 bits per heavy atom. The van der Waals surface area contributed by atoms with Gasteiger partial charge in [0.2, 0.25) is 0 Å². The predicted octanol–water partition coefficient (Wildman–Crippen LogP) is -1.57. The van der Waals surface area contributed by atoms with Gasteiger partial charge in [0, 0.05) is 20.1 Å². The number of nitrogens with one attached hydrogen (secondary N) is 1. The lowest BCUT2D eigenvalue weighted by atomic mass is 10.3. The molecule has 126 valence electrons. The number of hydrogen-bond donors (Lipinski definition) is 1. The van der Waals surface area contributed by atoms with Crippen LogP contribution in [0.4, 0.5) is 0 Å². The Morgan fingerprint density at radius 1 is 1.17 bits per heavy atom. The molecule has 0 aliphatic carbocycles. The van der Waals surface area contributed by atoms with Gasteiger partial charge in [0.15, 0.2) is 17.0 Å². The van der Waals surface area contributed by atoms with Gasteiger partial charge in [-0.3, -0.25) is 13.9 Å².